The molecule has 0 bridgehead atoms. The van der Waals surface area contributed by atoms with E-state index in [0.717, 1.165) is 11.8 Å². The Morgan fingerprint density at radius 3 is 2.00 bits per heavy atom. The van der Waals surface area contributed by atoms with Gasteiger partial charge in [-0.25, -0.2) is 0 Å². The number of hydrogen-bond acceptors (Lipinski definition) is 5. The highest BCUT2D eigenvalue weighted by Crippen LogP contribution is 2.41. The molecule has 5 heteroatoms. The molecular weight excluding hydrogens is 252 g/mol. The first-order valence-corrected chi connectivity index (χ1v) is 6.82. The van der Waals surface area contributed by atoms with Crippen LogP contribution < -0.4 is 0 Å². The number of carbonyl (C=O) groups is 3. The molecule has 0 N–H and O–H groups in total. The molecule has 4 nitrogen and oxygen atoms in total. The maximum atomic E-state index is 12.1. The first-order chi connectivity index (χ1) is 7.97. The van der Waals surface area contributed by atoms with E-state index >= 15 is 0 Å². The minimum atomic E-state index is -1.11. The summed E-state index contributed by atoms with van der Waals surface area (Å²) in [5.41, 5.74) is -1.74. The van der Waals surface area contributed by atoms with Gasteiger partial charge < -0.3 is 4.74 Å². The van der Waals surface area contributed by atoms with Crippen LogP contribution in [0.1, 0.15) is 41.5 Å². The van der Waals surface area contributed by atoms with Crippen LogP contribution in [0.4, 0.5) is 0 Å². The molecule has 0 spiro atoms. The Morgan fingerprint density at radius 2 is 1.67 bits per heavy atom. The fourth-order valence-corrected chi connectivity index (χ4v) is 2.98. The summed E-state index contributed by atoms with van der Waals surface area (Å²) in [6.45, 7) is 10.2. The zero-order valence-electron chi connectivity index (χ0n) is 11.7. The molecule has 1 rings (SSSR count). The number of esters is 1. The van der Waals surface area contributed by atoms with Crippen LogP contribution in [-0.2, 0) is 19.1 Å². The van der Waals surface area contributed by atoms with Crippen LogP contribution >= 0.6 is 11.8 Å². The number of rotatable bonds is 2. The fourth-order valence-electron chi connectivity index (χ4n) is 1.83. The molecule has 2 atom stereocenters. The van der Waals surface area contributed by atoms with Gasteiger partial charge in [0.1, 0.15) is 11.5 Å². The second-order valence-corrected chi connectivity index (χ2v) is 7.48. The van der Waals surface area contributed by atoms with E-state index in [-0.39, 0.29) is 16.1 Å². The van der Waals surface area contributed by atoms with Crippen molar-refractivity contribution >= 4 is 28.6 Å². The Bertz CT molecular complexity index is 392. The van der Waals surface area contributed by atoms with Crippen molar-refractivity contribution in [2.75, 3.05) is 0 Å². The summed E-state index contributed by atoms with van der Waals surface area (Å²) in [4.78, 5) is 36.0. The van der Waals surface area contributed by atoms with Crippen LogP contribution in [0.2, 0.25) is 0 Å². The Labute approximate surface area is 112 Å². The van der Waals surface area contributed by atoms with E-state index in [4.69, 9.17) is 4.74 Å². The molecule has 0 radical (unpaired) electrons. The average Bonchev–Trinajstić information content (AvgIpc) is 2.38. The van der Waals surface area contributed by atoms with Crippen molar-refractivity contribution in [2.45, 2.75) is 52.4 Å². The van der Waals surface area contributed by atoms with Gasteiger partial charge >= 0.3 is 5.97 Å². The molecule has 0 amide bonds. The number of ether oxygens (including phenoxy) is 1. The van der Waals surface area contributed by atoms with Crippen LogP contribution in [0.15, 0.2) is 0 Å². The molecule has 1 aliphatic heterocycles. The highest BCUT2D eigenvalue weighted by atomic mass is 32.2. The summed E-state index contributed by atoms with van der Waals surface area (Å²) in [6.07, 6.45) is 0. The molecule has 1 fully saturated rings. The lowest BCUT2D eigenvalue weighted by Gasteiger charge is -2.31. The van der Waals surface area contributed by atoms with Crippen LogP contribution in [-0.4, -0.2) is 27.7 Å². The Balaban J connectivity index is 2.96. The highest BCUT2D eigenvalue weighted by Gasteiger charge is 2.53. The lowest BCUT2D eigenvalue weighted by atomic mass is 9.76. The first-order valence-electron chi connectivity index (χ1n) is 5.94. The SMILES string of the molecule is CC1SC(=O)C(C(C)(C)C(=O)OC(C)(C)C)C1=O. The lowest BCUT2D eigenvalue weighted by Crippen LogP contribution is -2.43. The van der Waals surface area contributed by atoms with E-state index < -0.39 is 22.9 Å². The number of ketones is 1. The zero-order chi connectivity index (χ0) is 14.3. The van der Waals surface area contributed by atoms with Crippen molar-refractivity contribution in [3.8, 4) is 0 Å². The summed E-state index contributed by atoms with van der Waals surface area (Å²) in [5.74, 6) is -1.58. The van der Waals surface area contributed by atoms with Gasteiger partial charge in [-0.3, -0.25) is 14.4 Å². The van der Waals surface area contributed by atoms with E-state index in [1.807, 2.05) is 0 Å². The fraction of sp³-hybridized carbons (Fsp3) is 0.769. The molecule has 0 aliphatic carbocycles. The summed E-state index contributed by atoms with van der Waals surface area (Å²) >= 11 is 1.00. The van der Waals surface area contributed by atoms with Crippen molar-refractivity contribution in [3.63, 3.8) is 0 Å². The smallest absolute Gasteiger partial charge is 0.313 e. The topological polar surface area (TPSA) is 60.4 Å². The summed E-state index contributed by atoms with van der Waals surface area (Å²) in [6, 6.07) is 0. The monoisotopic (exact) mass is 272 g/mol. The molecule has 102 valence electrons. The third-order valence-electron chi connectivity index (χ3n) is 2.86. The Kier molecular flexibility index (Phi) is 3.96. The molecule has 1 heterocycles. The molecule has 2 unspecified atom stereocenters. The van der Waals surface area contributed by atoms with Gasteiger partial charge in [0, 0.05) is 0 Å². The van der Waals surface area contributed by atoms with Gasteiger partial charge in [0.25, 0.3) is 0 Å². The molecule has 0 saturated carbocycles. The van der Waals surface area contributed by atoms with Crippen LogP contribution in [0.25, 0.3) is 0 Å². The minimum absolute atomic E-state index is 0.180. The van der Waals surface area contributed by atoms with Gasteiger partial charge in [-0.1, -0.05) is 11.8 Å². The number of thioether (sulfide) groups is 1. The van der Waals surface area contributed by atoms with Crippen molar-refractivity contribution < 1.29 is 19.1 Å². The van der Waals surface area contributed by atoms with Gasteiger partial charge in [0.05, 0.1) is 10.7 Å². The molecular formula is C13H20O4S. The summed E-state index contributed by atoms with van der Waals surface area (Å²) in [7, 11) is 0. The van der Waals surface area contributed by atoms with Gasteiger partial charge in [-0.2, -0.15) is 0 Å². The van der Waals surface area contributed by atoms with Crippen LogP contribution in [0.3, 0.4) is 0 Å². The molecule has 0 aromatic heterocycles. The predicted molar refractivity (Wildman–Crippen MR) is 70.2 cm³/mol. The maximum absolute atomic E-state index is 12.1. The van der Waals surface area contributed by atoms with Crippen molar-refractivity contribution in [2.24, 2.45) is 11.3 Å². The summed E-state index contributed by atoms with van der Waals surface area (Å²) < 4.78 is 5.29. The number of hydrogen-bond donors (Lipinski definition) is 0. The van der Waals surface area contributed by atoms with E-state index in [1.54, 1.807) is 41.5 Å². The number of Topliss-reactive ketones (excluding diaryl/α,β-unsaturated/α-hetero) is 1. The predicted octanol–water partition coefficient (Wildman–Crippen LogP) is 2.20. The van der Waals surface area contributed by atoms with Gasteiger partial charge in [0.15, 0.2) is 5.78 Å². The van der Waals surface area contributed by atoms with Crippen LogP contribution in [0.5, 0.6) is 0 Å². The van der Waals surface area contributed by atoms with Crippen molar-refractivity contribution in [1.29, 1.82) is 0 Å². The summed E-state index contributed by atoms with van der Waals surface area (Å²) in [5, 5.41) is -0.604. The Hall–Kier alpha value is -0.840. The van der Waals surface area contributed by atoms with E-state index in [2.05, 4.69) is 0 Å². The van der Waals surface area contributed by atoms with Gasteiger partial charge in [-0.15, -0.1) is 0 Å². The van der Waals surface area contributed by atoms with Crippen molar-refractivity contribution in [3.05, 3.63) is 0 Å². The molecule has 1 saturated heterocycles. The zero-order valence-corrected chi connectivity index (χ0v) is 12.5. The van der Waals surface area contributed by atoms with Gasteiger partial charge in [-0.05, 0) is 41.5 Å². The third kappa shape index (κ3) is 2.94. The molecule has 0 aromatic rings. The average molecular weight is 272 g/mol. The first kappa shape index (κ1) is 15.2. The largest absolute Gasteiger partial charge is 0.460 e. The van der Waals surface area contributed by atoms with Gasteiger partial charge in [0.2, 0.25) is 5.12 Å². The third-order valence-corrected chi connectivity index (χ3v) is 3.91. The van der Waals surface area contributed by atoms with Crippen LogP contribution in [0, 0.1) is 11.3 Å². The maximum Gasteiger partial charge on any atom is 0.313 e. The van der Waals surface area contributed by atoms with E-state index in [9.17, 15) is 14.4 Å². The molecule has 1 aliphatic rings. The standard InChI is InChI=1S/C13H20O4S/c1-7-9(14)8(10(15)18-7)13(5,6)11(16)17-12(2,3)4/h7-8H,1-6H3. The highest BCUT2D eigenvalue weighted by molar-refractivity contribution is 8.15. The van der Waals surface area contributed by atoms with E-state index in [1.165, 1.54) is 0 Å². The second-order valence-electron chi connectivity index (χ2n) is 6.14. The number of carbonyl (C=O) groups excluding carboxylic acids is 3. The Morgan fingerprint density at radius 1 is 1.17 bits per heavy atom. The quantitative estimate of drug-likeness (QED) is 0.569. The minimum Gasteiger partial charge on any atom is -0.460 e. The van der Waals surface area contributed by atoms with E-state index in [0.29, 0.717) is 0 Å². The molecule has 18 heavy (non-hydrogen) atoms. The lowest BCUT2D eigenvalue weighted by molar-refractivity contribution is -0.171. The molecule has 0 aromatic carbocycles. The van der Waals surface area contributed by atoms with Crippen molar-refractivity contribution in [1.82, 2.24) is 0 Å². The second kappa shape index (κ2) is 4.68. The normalized spacial score (nSPS) is 25.4.